The van der Waals surface area contributed by atoms with E-state index >= 15 is 0 Å². The van der Waals surface area contributed by atoms with Gasteiger partial charge in [-0.1, -0.05) is 27.7 Å². The van der Waals surface area contributed by atoms with Crippen LogP contribution in [-0.4, -0.2) is 39.2 Å². The number of benzene rings is 1. The summed E-state index contributed by atoms with van der Waals surface area (Å²) < 4.78 is 11.4. The minimum Gasteiger partial charge on any atom is -0.494 e. The summed E-state index contributed by atoms with van der Waals surface area (Å²) in [5.74, 6) is 1.62. The molecule has 0 amide bonds. The Morgan fingerprint density at radius 3 is 2.56 bits per heavy atom. The highest BCUT2D eigenvalue weighted by atomic mass is 16.5. The van der Waals surface area contributed by atoms with Crippen LogP contribution < -0.4 is 9.64 Å². The van der Waals surface area contributed by atoms with Gasteiger partial charge in [-0.2, -0.15) is 0 Å². The van der Waals surface area contributed by atoms with Gasteiger partial charge in [-0.3, -0.25) is 4.79 Å². The van der Waals surface area contributed by atoms with Crippen molar-refractivity contribution in [1.29, 1.82) is 0 Å². The number of hydrogen-bond acceptors (Lipinski definition) is 4. The molecule has 25 heavy (non-hydrogen) atoms. The van der Waals surface area contributed by atoms with Gasteiger partial charge < -0.3 is 14.4 Å². The van der Waals surface area contributed by atoms with Crippen molar-refractivity contribution in [2.24, 2.45) is 5.92 Å². The molecule has 0 spiro atoms. The Morgan fingerprint density at radius 1 is 1.28 bits per heavy atom. The van der Waals surface area contributed by atoms with E-state index in [2.05, 4.69) is 25.7 Å². The van der Waals surface area contributed by atoms with E-state index in [-0.39, 0.29) is 11.2 Å². The number of rotatable bonds is 7. The quantitative estimate of drug-likeness (QED) is 0.683. The number of ether oxygens (including phenoxy) is 2. The first-order valence-corrected chi connectivity index (χ1v) is 9.40. The van der Waals surface area contributed by atoms with Crippen molar-refractivity contribution in [3.05, 3.63) is 23.3 Å². The van der Waals surface area contributed by atoms with Crippen molar-refractivity contribution in [2.75, 3.05) is 38.3 Å². The molecule has 1 aliphatic rings. The maximum Gasteiger partial charge on any atom is 0.162 e. The van der Waals surface area contributed by atoms with Crippen molar-refractivity contribution in [3.8, 4) is 5.75 Å². The van der Waals surface area contributed by atoms with E-state index in [4.69, 9.17) is 9.47 Å². The maximum absolute atomic E-state index is 12.4. The average molecular weight is 347 g/mol. The van der Waals surface area contributed by atoms with Crippen molar-refractivity contribution in [3.63, 3.8) is 0 Å². The number of Topliss-reactive ketones (excluding diaryl/α,β-unsaturated/α-hetero) is 1. The minimum absolute atomic E-state index is 0.0887. The third-order valence-electron chi connectivity index (χ3n) is 4.91. The summed E-state index contributed by atoms with van der Waals surface area (Å²) in [6.45, 7) is 13.9. The molecule has 1 atom stereocenters. The third kappa shape index (κ3) is 4.55. The lowest BCUT2D eigenvalue weighted by Gasteiger charge is -2.29. The molecule has 1 aromatic rings. The van der Waals surface area contributed by atoms with E-state index in [1.165, 1.54) is 0 Å². The van der Waals surface area contributed by atoms with Gasteiger partial charge in [-0.25, -0.2) is 0 Å². The molecule has 1 aliphatic heterocycles. The fourth-order valence-electron chi connectivity index (χ4n) is 3.46. The van der Waals surface area contributed by atoms with Gasteiger partial charge in [0.25, 0.3) is 0 Å². The molecule has 4 heteroatoms. The van der Waals surface area contributed by atoms with Crippen LogP contribution in [0.4, 0.5) is 5.69 Å². The van der Waals surface area contributed by atoms with E-state index in [0.29, 0.717) is 12.3 Å². The molecule has 0 saturated carbocycles. The molecule has 0 bridgehead atoms. The van der Waals surface area contributed by atoms with E-state index in [1.54, 1.807) is 7.11 Å². The summed E-state index contributed by atoms with van der Waals surface area (Å²) in [7, 11) is 1.73. The van der Waals surface area contributed by atoms with Crippen molar-refractivity contribution in [2.45, 2.75) is 52.9 Å². The zero-order valence-electron chi connectivity index (χ0n) is 16.6. The minimum atomic E-state index is -0.0887. The SMILES string of the molecule is CCOC[C@@H]1CCN(c2cc(C(=O)CC)cc(C(C)(C)C)c2OC)C1. The molecule has 140 valence electrons. The van der Waals surface area contributed by atoms with Crippen molar-refractivity contribution in [1.82, 2.24) is 0 Å². The zero-order chi connectivity index (χ0) is 18.6. The number of hydrogen-bond donors (Lipinski definition) is 0. The molecule has 0 unspecified atom stereocenters. The zero-order valence-corrected chi connectivity index (χ0v) is 16.6. The van der Waals surface area contributed by atoms with E-state index < -0.39 is 0 Å². The molecule has 0 aliphatic carbocycles. The van der Waals surface area contributed by atoms with Crippen LogP contribution in [0, 0.1) is 5.92 Å². The van der Waals surface area contributed by atoms with Gasteiger partial charge in [-0.05, 0) is 30.9 Å². The van der Waals surface area contributed by atoms with Crippen LogP contribution in [0.2, 0.25) is 0 Å². The molecular weight excluding hydrogens is 314 g/mol. The van der Waals surface area contributed by atoms with E-state index in [0.717, 1.165) is 55.3 Å². The smallest absolute Gasteiger partial charge is 0.162 e. The second-order valence-electron chi connectivity index (χ2n) is 7.86. The van der Waals surface area contributed by atoms with Crippen molar-refractivity contribution >= 4 is 11.5 Å². The summed E-state index contributed by atoms with van der Waals surface area (Å²) in [4.78, 5) is 14.7. The Morgan fingerprint density at radius 2 is 2.00 bits per heavy atom. The van der Waals surface area contributed by atoms with Crippen LogP contribution >= 0.6 is 0 Å². The van der Waals surface area contributed by atoms with Gasteiger partial charge in [0.05, 0.1) is 19.4 Å². The molecule has 1 saturated heterocycles. The van der Waals surface area contributed by atoms with Gasteiger partial charge in [-0.15, -0.1) is 0 Å². The first-order chi connectivity index (χ1) is 11.8. The lowest BCUT2D eigenvalue weighted by Crippen LogP contribution is -2.24. The summed E-state index contributed by atoms with van der Waals surface area (Å²) in [6.07, 6.45) is 1.63. The lowest BCUT2D eigenvalue weighted by molar-refractivity contribution is 0.0988. The second kappa shape index (κ2) is 8.22. The number of carbonyl (C=O) groups excluding carboxylic acids is 1. The number of anilines is 1. The number of carbonyl (C=O) groups is 1. The molecular formula is C21H33NO3. The third-order valence-corrected chi connectivity index (χ3v) is 4.91. The van der Waals surface area contributed by atoms with Gasteiger partial charge >= 0.3 is 0 Å². The summed E-state index contributed by atoms with van der Waals surface area (Å²) >= 11 is 0. The molecule has 0 aromatic heterocycles. The Balaban J connectivity index is 2.43. The number of nitrogens with zero attached hydrogens (tertiary/aromatic N) is 1. The van der Waals surface area contributed by atoms with Crippen LogP contribution in [0.5, 0.6) is 5.75 Å². The maximum atomic E-state index is 12.4. The van der Waals surface area contributed by atoms with Gasteiger partial charge in [0, 0.05) is 43.2 Å². The average Bonchev–Trinajstić information content (AvgIpc) is 3.05. The normalized spacial score (nSPS) is 17.8. The Bertz CT molecular complexity index is 604. The molecule has 1 aromatic carbocycles. The van der Waals surface area contributed by atoms with Crippen LogP contribution in [0.15, 0.2) is 12.1 Å². The Kier molecular flexibility index (Phi) is 6.50. The summed E-state index contributed by atoms with van der Waals surface area (Å²) in [5, 5.41) is 0. The van der Waals surface area contributed by atoms with Crippen LogP contribution in [0.25, 0.3) is 0 Å². The Labute approximate surface area is 152 Å². The second-order valence-corrected chi connectivity index (χ2v) is 7.86. The van der Waals surface area contributed by atoms with E-state index in [1.807, 2.05) is 26.0 Å². The molecule has 0 N–H and O–H groups in total. The van der Waals surface area contributed by atoms with Gasteiger partial charge in [0.2, 0.25) is 0 Å². The largest absolute Gasteiger partial charge is 0.494 e. The lowest BCUT2D eigenvalue weighted by atomic mass is 9.84. The molecule has 1 fully saturated rings. The molecule has 2 rings (SSSR count). The first-order valence-electron chi connectivity index (χ1n) is 9.40. The highest BCUT2D eigenvalue weighted by Gasteiger charge is 2.29. The molecule has 0 radical (unpaired) electrons. The van der Waals surface area contributed by atoms with Crippen LogP contribution in [0.1, 0.15) is 63.4 Å². The summed E-state index contributed by atoms with van der Waals surface area (Å²) in [5.41, 5.74) is 2.84. The van der Waals surface area contributed by atoms with Crippen LogP contribution in [-0.2, 0) is 10.2 Å². The van der Waals surface area contributed by atoms with Gasteiger partial charge in [0.15, 0.2) is 5.78 Å². The predicted molar refractivity (Wildman–Crippen MR) is 103 cm³/mol. The van der Waals surface area contributed by atoms with Gasteiger partial charge in [0.1, 0.15) is 5.75 Å². The highest BCUT2D eigenvalue weighted by Crippen LogP contribution is 2.41. The topological polar surface area (TPSA) is 38.8 Å². The first kappa shape index (κ1) is 19.8. The van der Waals surface area contributed by atoms with E-state index in [9.17, 15) is 4.79 Å². The standard InChI is InChI=1S/C21H33NO3/c1-7-19(23)16-11-17(21(3,4)5)20(24-6)18(12-16)22-10-9-15(13-22)14-25-8-2/h11-12,15H,7-10,13-14H2,1-6H3/t15-/m1/s1. The number of ketones is 1. The number of methoxy groups -OCH3 is 1. The Hall–Kier alpha value is -1.55. The molecule has 4 nitrogen and oxygen atoms in total. The fraction of sp³-hybridized carbons (Fsp3) is 0.667. The van der Waals surface area contributed by atoms with Crippen LogP contribution in [0.3, 0.4) is 0 Å². The monoisotopic (exact) mass is 347 g/mol. The fourth-order valence-corrected chi connectivity index (χ4v) is 3.46. The summed E-state index contributed by atoms with van der Waals surface area (Å²) in [6, 6.07) is 4.03. The molecule has 1 heterocycles. The van der Waals surface area contributed by atoms with Crippen molar-refractivity contribution < 1.29 is 14.3 Å². The highest BCUT2D eigenvalue weighted by molar-refractivity contribution is 5.97. The predicted octanol–water partition coefficient (Wildman–Crippen LogP) is 4.45.